The van der Waals surface area contributed by atoms with Gasteiger partial charge in [0.1, 0.15) is 6.10 Å². The largest absolute Gasteiger partial charge is 0.486 e. The number of likely N-dealkylation sites (N-methyl/N-ethyl adjacent to an activating group) is 1. The summed E-state index contributed by atoms with van der Waals surface area (Å²) < 4.78 is 71.7. The Morgan fingerprint density at radius 1 is 0.961 bits per heavy atom. The summed E-state index contributed by atoms with van der Waals surface area (Å²) in [5.41, 5.74) is 0.843. The van der Waals surface area contributed by atoms with E-state index in [0.29, 0.717) is 18.7 Å². The highest BCUT2D eigenvalue weighted by Crippen LogP contribution is 2.35. The zero-order chi connectivity index (χ0) is 36.9. The van der Waals surface area contributed by atoms with Crippen LogP contribution in [0.15, 0.2) is 107 Å². The molecule has 0 unspecified atom stereocenters. The molecule has 2 N–H and O–H groups in total. The van der Waals surface area contributed by atoms with E-state index in [0.717, 1.165) is 17.7 Å². The van der Waals surface area contributed by atoms with Gasteiger partial charge in [-0.3, -0.25) is 14.5 Å². The third-order valence-electron chi connectivity index (χ3n) is 8.84. The van der Waals surface area contributed by atoms with Gasteiger partial charge in [0.2, 0.25) is 15.7 Å². The molecule has 0 spiro atoms. The molecule has 270 valence electrons. The summed E-state index contributed by atoms with van der Waals surface area (Å²) in [5.74, 6) is -0.970. The zero-order valence-corrected chi connectivity index (χ0v) is 29.2. The highest BCUT2D eigenvalue weighted by Gasteiger charge is 2.35. The smallest absolute Gasteiger partial charge is 0.416 e. The molecule has 1 aliphatic rings. The number of alkyl halides is 3. The van der Waals surface area contributed by atoms with Gasteiger partial charge in [0.15, 0.2) is 5.75 Å². The predicted octanol–water partition coefficient (Wildman–Crippen LogP) is 6.07. The van der Waals surface area contributed by atoms with Crippen molar-refractivity contribution >= 4 is 27.3 Å². The Hall–Kier alpha value is -4.72. The second-order valence-corrected chi connectivity index (χ2v) is 14.8. The molecule has 0 bridgehead atoms. The van der Waals surface area contributed by atoms with Crippen molar-refractivity contribution in [1.29, 1.82) is 0 Å². The molecule has 2 amide bonds. The van der Waals surface area contributed by atoms with E-state index in [1.165, 1.54) is 12.1 Å². The van der Waals surface area contributed by atoms with Crippen molar-refractivity contribution in [2.75, 3.05) is 32.1 Å². The maximum absolute atomic E-state index is 13.8. The first-order chi connectivity index (χ1) is 24.2. The number of anilines is 1. The second kappa shape index (κ2) is 15.7. The molecule has 0 saturated heterocycles. The Kier molecular flexibility index (Phi) is 11.5. The molecule has 0 fully saturated rings. The first-order valence-electron chi connectivity index (χ1n) is 16.4. The van der Waals surface area contributed by atoms with Crippen molar-refractivity contribution < 1.29 is 41.0 Å². The average molecular weight is 724 g/mol. The standard InChI is InChI=1S/C38H40F3N3O6S/c1-25-21-44(26(2)24-45)37(47)32-10-7-11-33(42-35(46)20-27-12-16-29(17-13-27)38(39,40)41)36(32)50-34(25)23-43(3)22-28-14-18-31(19-15-28)51(48,49)30-8-5-4-6-9-30/h4-19,25-26,34,45H,20-24H2,1-3H3,(H,42,46)/t25-,26+,34-/m1/s1. The van der Waals surface area contributed by atoms with Crippen LogP contribution in [0.1, 0.15) is 40.9 Å². The fourth-order valence-electron chi connectivity index (χ4n) is 5.94. The number of amides is 2. The Morgan fingerprint density at radius 3 is 2.22 bits per heavy atom. The highest BCUT2D eigenvalue weighted by atomic mass is 32.2. The lowest BCUT2D eigenvalue weighted by Crippen LogP contribution is -2.49. The summed E-state index contributed by atoms with van der Waals surface area (Å²) in [5, 5.41) is 12.8. The monoisotopic (exact) mass is 723 g/mol. The molecule has 1 aliphatic heterocycles. The number of para-hydroxylation sites is 1. The summed E-state index contributed by atoms with van der Waals surface area (Å²) in [6.07, 6.45) is -5.21. The minimum atomic E-state index is -4.50. The van der Waals surface area contributed by atoms with Crippen LogP contribution in [0.4, 0.5) is 18.9 Å². The van der Waals surface area contributed by atoms with Crippen LogP contribution >= 0.6 is 0 Å². The number of fused-ring (bicyclic) bond motifs is 1. The summed E-state index contributed by atoms with van der Waals surface area (Å²) in [6, 6.07) is 23.5. The molecule has 3 atom stereocenters. The van der Waals surface area contributed by atoms with E-state index < -0.39 is 39.6 Å². The summed E-state index contributed by atoms with van der Waals surface area (Å²) in [4.78, 5) is 30.9. The zero-order valence-electron chi connectivity index (χ0n) is 28.4. The van der Waals surface area contributed by atoms with E-state index in [4.69, 9.17) is 4.74 Å². The summed E-state index contributed by atoms with van der Waals surface area (Å²) in [7, 11) is -1.77. The predicted molar refractivity (Wildman–Crippen MR) is 186 cm³/mol. The first kappa shape index (κ1) is 37.5. The molecular weight excluding hydrogens is 683 g/mol. The summed E-state index contributed by atoms with van der Waals surface area (Å²) in [6.45, 7) is 4.53. The lowest BCUT2D eigenvalue weighted by Gasteiger charge is -2.38. The van der Waals surface area contributed by atoms with Crippen LogP contribution in [0.25, 0.3) is 0 Å². The molecule has 0 aliphatic carbocycles. The van der Waals surface area contributed by atoms with Crippen LogP contribution in [0.3, 0.4) is 0 Å². The second-order valence-electron chi connectivity index (χ2n) is 12.9. The van der Waals surface area contributed by atoms with Gasteiger partial charge in [0, 0.05) is 25.6 Å². The van der Waals surface area contributed by atoms with Crippen LogP contribution in [0, 0.1) is 5.92 Å². The molecule has 9 nitrogen and oxygen atoms in total. The molecule has 4 aromatic rings. The number of ether oxygens (including phenoxy) is 1. The number of carbonyl (C=O) groups excluding carboxylic acids is 2. The SMILES string of the molecule is C[C@@H]1CN([C@@H](C)CO)C(=O)c2cccc(NC(=O)Cc3ccc(C(F)(F)F)cc3)c2O[C@@H]1CN(C)Cc1ccc(S(=O)(=O)c2ccccc2)cc1. The minimum absolute atomic E-state index is 0.152. The third-order valence-corrected chi connectivity index (χ3v) is 10.6. The Labute approximate surface area is 295 Å². The van der Waals surface area contributed by atoms with Crippen LogP contribution in [-0.2, 0) is 33.8 Å². The van der Waals surface area contributed by atoms with Crippen LogP contribution in [0.2, 0.25) is 0 Å². The number of hydrogen-bond acceptors (Lipinski definition) is 7. The molecule has 4 aromatic carbocycles. The number of aliphatic hydroxyl groups excluding tert-OH is 1. The fourth-order valence-corrected chi connectivity index (χ4v) is 7.23. The third kappa shape index (κ3) is 8.96. The summed E-state index contributed by atoms with van der Waals surface area (Å²) >= 11 is 0. The number of benzene rings is 4. The van der Waals surface area contributed by atoms with Gasteiger partial charge in [-0.05, 0) is 73.6 Å². The van der Waals surface area contributed by atoms with E-state index in [9.17, 15) is 36.3 Å². The van der Waals surface area contributed by atoms with E-state index in [1.807, 2.05) is 18.9 Å². The van der Waals surface area contributed by atoms with Gasteiger partial charge < -0.3 is 20.1 Å². The molecule has 0 aromatic heterocycles. The van der Waals surface area contributed by atoms with E-state index in [1.54, 1.807) is 84.6 Å². The minimum Gasteiger partial charge on any atom is -0.486 e. The van der Waals surface area contributed by atoms with Crippen LogP contribution in [0.5, 0.6) is 5.75 Å². The van der Waals surface area contributed by atoms with Crippen molar-refractivity contribution in [3.63, 3.8) is 0 Å². The van der Waals surface area contributed by atoms with Gasteiger partial charge in [-0.25, -0.2) is 8.42 Å². The molecule has 51 heavy (non-hydrogen) atoms. The Balaban J connectivity index is 1.36. The van der Waals surface area contributed by atoms with E-state index in [2.05, 4.69) is 5.32 Å². The maximum Gasteiger partial charge on any atom is 0.416 e. The number of carbonyl (C=O) groups is 2. The van der Waals surface area contributed by atoms with Crippen molar-refractivity contribution in [2.24, 2.45) is 5.92 Å². The molecule has 13 heteroatoms. The quantitative estimate of drug-likeness (QED) is 0.193. The lowest BCUT2D eigenvalue weighted by molar-refractivity contribution is -0.137. The number of sulfone groups is 1. The van der Waals surface area contributed by atoms with Gasteiger partial charge in [-0.2, -0.15) is 13.2 Å². The van der Waals surface area contributed by atoms with E-state index in [-0.39, 0.29) is 58.2 Å². The van der Waals surface area contributed by atoms with Crippen LogP contribution < -0.4 is 10.1 Å². The Bertz CT molecular complexity index is 1940. The molecular formula is C38H40F3N3O6S. The first-order valence-corrected chi connectivity index (χ1v) is 17.9. The van der Waals surface area contributed by atoms with Gasteiger partial charge in [0.05, 0.1) is 45.7 Å². The lowest BCUT2D eigenvalue weighted by atomic mass is 9.98. The number of rotatable bonds is 11. The topological polar surface area (TPSA) is 116 Å². The van der Waals surface area contributed by atoms with Gasteiger partial charge in [-0.15, -0.1) is 0 Å². The molecule has 0 saturated carbocycles. The number of nitrogens with zero attached hydrogens (tertiary/aromatic N) is 2. The number of aliphatic hydroxyl groups is 1. The van der Waals surface area contributed by atoms with Gasteiger partial charge in [-0.1, -0.05) is 55.5 Å². The van der Waals surface area contributed by atoms with Crippen molar-refractivity contribution in [3.8, 4) is 5.75 Å². The van der Waals surface area contributed by atoms with Gasteiger partial charge in [0.25, 0.3) is 5.91 Å². The average Bonchev–Trinajstić information content (AvgIpc) is 3.10. The van der Waals surface area contributed by atoms with E-state index >= 15 is 0 Å². The molecule has 1 heterocycles. The van der Waals surface area contributed by atoms with Crippen molar-refractivity contribution in [3.05, 3.63) is 119 Å². The number of hydrogen-bond donors (Lipinski definition) is 2. The molecule has 0 radical (unpaired) electrons. The van der Waals surface area contributed by atoms with Crippen molar-refractivity contribution in [1.82, 2.24) is 9.80 Å². The Morgan fingerprint density at radius 2 is 1.59 bits per heavy atom. The number of nitrogens with one attached hydrogen (secondary N) is 1. The van der Waals surface area contributed by atoms with Gasteiger partial charge >= 0.3 is 6.18 Å². The maximum atomic E-state index is 13.8. The fraction of sp³-hybridized carbons (Fsp3) is 0.316. The number of halogens is 3. The van der Waals surface area contributed by atoms with Crippen molar-refractivity contribution in [2.45, 2.75) is 54.9 Å². The molecule has 5 rings (SSSR count). The normalized spacial score (nSPS) is 17.3. The van der Waals surface area contributed by atoms with Crippen LogP contribution in [-0.4, -0.2) is 74.0 Å². The highest BCUT2D eigenvalue weighted by molar-refractivity contribution is 7.91.